The average Bonchev–Trinajstić information content (AvgIpc) is 2.36. The van der Waals surface area contributed by atoms with E-state index in [0.717, 1.165) is 12.8 Å². The average molecular weight is 229 g/mol. The zero-order chi connectivity index (χ0) is 12.0. The number of amides is 2. The number of nitrogens with zero attached hydrogens (tertiary/aromatic N) is 1. The number of urea groups is 1. The standard InChI is InChI=1S/C11H23N3O2/c1-3-11(12,4-2)9-13-10(15)14-5-7-16-8-6-14/h3-9,12H2,1-2H3,(H,13,15). The van der Waals surface area contributed by atoms with Crippen molar-refractivity contribution in [2.45, 2.75) is 32.2 Å². The van der Waals surface area contributed by atoms with Crippen molar-refractivity contribution in [3.63, 3.8) is 0 Å². The third-order valence-corrected chi connectivity index (χ3v) is 3.30. The van der Waals surface area contributed by atoms with Crippen LogP contribution < -0.4 is 11.1 Å². The molecule has 3 N–H and O–H groups in total. The minimum atomic E-state index is -0.276. The predicted octanol–water partition coefficient (Wildman–Crippen LogP) is 0.546. The number of carbonyl (C=O) groups is 1. The molecule has 0 aromatic rings. The van der Waals surface area contributed by atoms with E-state index in [1.807, 2.05) is 13.8 Å². The molecule has 1 aliphatic heterocycles. The molecule has 16 heavy (non-hydrogen) atoms. The fourth-order valence-corrected chi connectivity index (χ4v) is 1.63. The van der Waals surface area contributed by atoms with Gasteiger partial charge < -0.3 is 20.7 Å². The molecule has 2 amide bonds. The van der Waals surface area contributed by atoms with Crippen LogP contribution in [0.25, 0.3) is 0 Å². The fourth-order valence-electron chi connectivity index (χ4n) is 1.63. The summed E-state index contributed by atoms with van der Waals surface area (Å²) < 4.78 is 5.19. The number of hydrogen-bond acceptors (Lipinski definition) is 3. The predicted molar refractivity (Wildman–Crippen MR) is 63.3 cm³/mol. The van der Waals surface area contributed by atoms with E-state index in [-0.39, 0.29) is 11.6 Å². The molecular weight excluding hydrogens is 206 g/mol. The number of morpholine rings is 1. The fraction of sp³-hybridized carbons (Fsp3) is 0.909. The van der Waals surface area contributed by atoms with E-state index in [1.165, 1.54) is 0 Å². The van der Waals surface area contributed by atoms with E-state index < -0.39 is 0 Å². The first kappa shape index (κ1) is 13.3. The summed E-state index contributed by atoms with van der Waals surface area (Å²) in [7, 11) is 0. The second-order valence-electron chi connectivity index (χ2n) is 4.33. The van der Waals surface area contributed by atoms with Crippen molar-refractivity contribution in [2.24, 2.45) is 5.73 Å². The molecule has 5 heteroatoms. The highest BCUT2D eigenvalue weighted by atomic mass is 16.5. The molecule has 0 aromatic carbocycles. The summed E-state index contributed by atoms with van der Waals surface area (Å²) in [6, 6.07) is -0.0278. The summed E-state index contributed by atoms with van der Waals surface area (Å²) in [6.45, 7) is 7.22. The quantitative estimate of drug-likeness (QED) is 0.739. The van der Waals surface area contributed by atoms with Crippen LogP contribution in [0, 0.1) is 0 Å². The van der Waals surface area contributed by atoms with Crippen LogP contribution in [0.5, 0.6) is 0 Å². The number of nitrogens with one attached hydrogen (secondary N) is 1. The number of carbonyl (C=O) groups excluding carboxylic acids is 1. The molecule has 1 rings (SSSR count). The van der Waals surface area contributed by atoms with Crippen LogP contribution in [0.1, 0.15) is 26.7 Å². The molecule has 1 aliphatic rings. The van der Waals surface area contributed by atoms with Gasteiger partial charge in [-0.1, -0.05) is 13.8 Å². The van der Waals surface area contributed by atoms with Gasteiger partial charge in [-0.05, 0) is 12.8 Å². The van der Waals surface area contributed by atoms with Crippen molar-refractivity contribution in [1.29, 1.82) is 0 Å². The van der Waals surface area contributed by atoms with E-state index in [2.05, 4.69) is 5.32 Å². The van der Waals surface area contributed by atoms with Crippen molar-refractivity contribution in [1.82, 2.24) is 10.2 Å². The van der Waals surface area contributed by atoms with Gasteiger partial charge in [0, 0.05) is 25.2 Å². The number of ether oxygens (including phenoxy) is 1. The maximum absolute atomic E-state index is 11.8. The Morgan fingerprint density at radius 2 is 1.94 bits per heavy atom. The monoisotopic (exact) mass is 229 g/mol. The molecule has 0 spiro atoms. The summed E-state index contributed by atoms with van der Waals surface area (Å²) in [5.74, 6) is 0. The van der Waals surface area contributed by atoms with Gasteiger partial charge in [0.05, 0.1) is 13.2 Å². The third kappa shape index (κ3) is 3.64. The Morgan fingerprint density at radius 3 is 2.44 bits per heavy atom. The largest absolute Gasteiger partial charge is 0.378 e. The molecule has 5 nitrogen and oxygen atoms in total. The molecule has 0 bridgehead atoms. The van der Waals surface area contributed by atoms with Gasteiger partial charge in [0.25, 0.3) is 0 Å². The summed E-state index contributed by atoms with van der Waals surface area (Å²) in [6.07, 6.45) is 1.74. The van der Waals surface area contributed by atoms with E-state index in [9.17, 15) is 4.79 Å². The number of rotatable bonds is 4. The highest BCUT2D eigenvalue weighted by molar-refractivity contribution is 5.74. The van der Waals surface area contributed by atoms with Gasteiger partial charge in [-0.25, -0.2) is 4.79 Å². The second kappa shape index (κ2) is 6.06. The van der Waals surface area contributed by atoms with Gasteiger partial charge in [0.2, 0.25) is 0 Å². The number of hydrogen-bond donors (Lipinski definition) is 2. The van der Waals surface area contributed by atoms with E-state index in [0.29, 0.717) is 32.8 Å². The molecule has 0 unspecified atom stereocenters. The lowest BCUT2D eigenvalue weighted by Gasteiger charge is -2.31. The Morgan fingerprint density at radius 1 is 1.38 bits per heavy atom. The van der Waals surface area contributed by atoms with Gasteiger partial charge in [0.1, 0.15) is 0 Å². The Bertz CT molecular complexity index is 223. The van der Waals surface area contributed by atoms with Crippen LogP contribution in [0.15, 0.2) is 0 Å². The van der Waals surface area contributed by atoms with Gasteiger partial charge in [-0.3, -0.25) is 0 Å². The van der Waals surface area contributed by atoms with Crippen molar-refractivity contribution in [3.8, 4) is 0 Å². The Balaban J connectivity index is 2.33. The van der Waals surface area contributed by atoms with Crippen LogP contribution in [0.4, 0.5) is 4.79 Å². The van der Waals surface area contributed by atoms with Crippen LogP contribution in [-0.4, -0.2) is 49.3 Å². The highest BCUT2D eigenvalue weighted by Gasteiger charge is 2.23. The zero-order valence-corrected chi connectivity index (χ0v) is 10.3. The van der Waals surface area contributed by atoms with Gasteiger partial charge in [0.15, 0.2) is 0 Å². The number of nitrogens with two attached hydrogens (primary N) is 1. The lowest BCUT2D eigenvalue weighted by atomic mass is 9.94. The Hall–Kier alpha value is -0.810. The lowest BCUT2D eigenvalue weighted by Crippen LogP contribution is -2.53. The lowest BCUT2D eigenvalue weighted by molar-refractivity contribution is 0.0528. The maximum atomic E-state index is 11.8. The molecule has 0 aromatic heterocycles. The topological polar surface area (TPSA) is 67.6 Å². The van der Waals surface area contributed by atoms with Gasteiger partial charge >= 0.3 is 6.03 Å². The maximum Gasteiger partial charge on any atom is 0.317 e. The molecule has 1 fully saturated rings. The van der Waals surface area contributed by atoms with Crippen molar-refractivity contribution < 1.29 is 9.53 Å². The molecule has 1 heterocycles. The van der Waals surface area contributed by atoms with Crippen LogP contribution in [0.3, 0.4) is 0 Å². The smallest absolute Gasteiger partial charge is 0.317 e. The first-order valence-electron chi connectivity index (χ1n) is 6.00. The molecular formula is C11H23N3O2. The molecule has 0 aliphatic carbocycles. The summed E-state index contributed by atoms with van der Waals surface area (Å²) in [4.78, 5) is 13.6. The minimum Gasteiger partial charge on any atom is -0.378 e. The van der Waals surface area contributed by atoms with Crippen LogP contribution in [0.2, 0.25) is 0 Å². The third-order valence-electron chi connectivity index (χ3n) is 3.30. The SMILES string of the molecule is CCC(N)(CC)CNC(=O)N1CCOCC1. The van der Waals surface area contributed by atoms with Crippen LogP contribution in [-0.2, 0) is 4.74 Å². The first-order valence-corrected chi connectivity index (χ1v) is 6.00. The zero-order valence-electron chi connectivity index (χ0n) is 10.3. The van der Waals surface area contributed by atoms with Crippen LogP contribution >= 0.6 is 0 Å². The molecule has 0 radical (unpaired) electrons. The summed E-state index contributed by atoms with van der Waals surface area (Å²) in [5.41, 5.74) is 5.84. The van der Waals surface area contributed by atoms with Crippen molar-refractivity contribution in [3.05, 3.63) is 0 Å². The van der Waals surface area contributed by atoms with E-state index in [1.54, 1.807) is 4.90 Å². The van der Waals surface area contributed by atoms with E-state index in [4.69, 9.17) is 10.5 Å². The second-order valence-corrected chi connectivity index (χ2v) is 4.33. The van der Waals surface area contributed by atoms with Gasteiger partial charge in [-0.2, -0.15) is 0 Å². The van der Waals surface area contributed by atoms with Crippen molar-refractivity contribution >= 4 is 6.03 Å². The molecule has 0 saturated carbocycles. The normalized spacial score (nSPS) is 17.3. The molecule has 94 valence electrons. The van der Waals surface area contributed by atoms with E-state index >= 15 is 0 Å². The highest BCUT2D eigenvalue weighted by Crippen LogP contribution is 2.09. The Labute approximate surface area is 97.3 Å². The van der Waals surface area contributed by atoms with Gasteiger partial charge in [-0.15, -0.1) is 0 Å². The Kier molecular flexibility index (Phi) is 5.02. The molecule has 0 atom stereocenters. The van der Waals surface area contributed by atoms with Crippen molar-refractivity contribution in [2.75, 3.05) is 32.8 Å². The summed E-state index contributed by atoms with van der Waals surface area (Å²) in [5, 5.41) is 2.90. The first-order chi connectivity index (χ1) is 7.61. The molecule has 1 saturated heterocycles. The minimum absolute atomic E-state index is 0.0278. The summed E-state index contributed by atoms with van der Waals surface area (Å²) >= 11 is 0.